The largest absolute Gasteiger partial charge is 0.506 e. The highest BCUT2D eigenvalue weighted by molar-refractivity contribution is 9.10. The lowest BCUT2D eigenvalue weighted by molar-refractivity contribution is -0.113. The minimum Gasteiger partial charge on any atom is -0.506 e. The summed E-state index contributed by atoms with van der Waals surface area (Å²) in [6, 6.07) is 8.71. The Kier molecular flexibility index (Phi) is 5.36. The summed E-state index contributed by atoms with van der Waals surface area (Å²) in [6.45, 7) is 1.96. The molecule has 0 saturated heterocycles. The Labute approximate surface area is 165 Å². The summed E-state index contributed by atoms with van der Waals surface area (Å²) in [7, 11) is 0. The van der Waals surface area contributed by atoms with Crippen molar-refractivity contribution >= 4 is 60.8 Å². The number of nitrogens with zero attached hydrogens (tertiary/aromatic N) is 1. The van der Waals surface area contributed by atoms with E-state index < -0.39 is 5.56 Å². The van der Waals surface area contributed by atoms with E-state index in [1.165, 1.54) is 23.1 Å². The van der Waals surface area contributed by atoms with E-state index in [1.54, 1.807) is 0 Å². The number of aromatic hydroxyl groups is 1. The Morgan fingerprint density at radius 1 is 1.46 bits per heavy atom. The summed E-state index contributed by atoms with van der Waals surface area (Å²) < 4.78 is 1.78. The van der Waals surface area contributed by atoms with Gasteiger partial charge >= 0.3 is 0 Å². The fourth-order valence-corrected chi connectivity index (χ4v) is 5.04. The third kappa shape index (κ3) is 3.77. The summed E-state index contributed by atoms with van der Waals surface area (Å²) in [5.41, 5.74) is 1.81. The monoisotopic (exact) mass is 449 g/mol. The van der Waals surface area contributed by atoms with Crippen molar-refractivity contribution in [1.29, 1.82) is 5.26 Å². The quantitative estimate of drug-likeness (QED) is 0.522. The highest BCUT2D eigenvalue weighted by Crippen LogP contribution is 2.39. The molecular weight excluding hydrogens is 438 g/mol. The molecule has 26 heavy (non-hydrogen) atoms. The molecule has 0 aliphatic heterocycles. The molecule has 0 radical (unpaired) electrons. The van der Waals surface area contributed by atoms with E-state index in [0.717, 1.165) is 16.1 Å². The van der Waals surface area contributed by atoms with Crippen LogP contribution in [0.1, 0.15) is 11.1 Å². The van der Waals surface area contributed by atoms with E-state index >= 15 is 0 Å². The fraction of sp³-hybridized carbons (Fsp3) is 0.118. The second kappa shape index (κ2) is 7.53. The number of carbonyl (C=O) groups excluding carboxylic acids is 1. The number of aromatic amines is 1. The number of pyridine rings is 1. The van der Waals surface area contributed by atoms with Gasteiger partial charge in [0.2, 0.25) is 5.91 Å². The van der Waals surface area contributed by atoms with Crippen LogP contribution in [-0.4, -0.2) is 21.8 Å². The van der Waals surface area contributed by atoms with E-state index in [1.807, 2.05) is 31.2 Å². The summed E-state index contributed by atoms with van der Waals surface area (Å²) >= 11 is 5.76. The molecule has 1 amide bonds. The number of hydrogen-bond acceptors (Lipinski definition) is 6. The van der Waals surface area contributed by atoms with Crippen LogP contribution in [0, 0.1) is 18.3 Å². The van der Waals surface area contributed by atoms with Crippen LogP contribution in [0.4, 0.5) is 5.69 Å². The lowest BCUT2D eigenvalue weighted by Gasteiger charge is -2.07. The molecule has 0 fully saturated rings. The van der Waals surface area contributed by atoms with Crippen LogP contribution in [0.5, 0.6) is 5.75 Å². The molecule has 6 nitrogen and oxygen atoms in total. The third-order valence-corrected chi connectivity index (χ3v) is 6.61. The zero-order valence-corrected chi connectivity index (χ0v) is 16.6. The molecule has 3 aromatic rings. The molecule has 0 unspecified atom stereocenters. The van der Waals surface area contributed by atoms with Crippen molar-refractivity contribution in [2.24, 2.45) is 0 Å². The Hall–Kier alpha value is -2.28. The summed E-state index contributed by atoms with van der Waals surface area (Å²) in [4.78, 5) is 26.3. The van der Waals surface area contributed by atoms with Crippen LogP contribution in [-0.2, 0) is 4.79 Å². The Bertz CT molecular complexity index is 1110. The molecule has 0 saturated carbocycles. The molecule has 0 atom stereocenters. The lowest BCUT2D eigenvalue weighted by atomic mass is 10.2. The molecule has 2 heterocycles. The molecule has 0 aliphatic carbocycles. The van der Waals surface area contributed by atoms with E-state index in [2.05, 4.69) is 26.2 Å². The van der Waals surface area contributed by atoms with Gasteiger partial charge in [-0.05, 0) is 40.5 Å². The van der Waals surface area contributed by atoms with E-state index in [0.29, 0.717) is 20.1 Å². The van der Waals surface area contributed by atoms with Gasteiger partial charge in [0.05, 0.1) is 25.9 Å². The number of amides is 1. The number of anilines is 1. The average molecular weight is 450 g/mol. The predicted molar refractivity (Wildman–Crippen MR) is 107 cm³/mol. The molecule has 0 bridgehead atoms. The SMILES string of the molecule is Cc1ccc(NC(=O)CSc2sc3c(O)cc(=O)[nH]c3c2C#N)c(Br)c1. The third-order valence-electron chi connectivity index (χ3n) is 3.47. The fourth-order valence-electron chi connectivity index (χ4n) is 2.30. The number of benzene rings is 1. The van der Waals surface area contributed by atoms with Gasteiger partial charge in [-0.1, -0.05) is 6.07 Å². The molecule has 3 N–H and O–H groups in total. The first-order valence-electron chi connectivity index (χ1n) is 7.36. The number of aromatic nitrogens is 1. The Balaban J connectivity index is 1.79. The standard InChI is InChI=1S/C17H12BrN3O3S2/c1-8-2-3-11(10(18)4-8)20-14(24)7-25-17-9(6-19)15-16(26-17)12(22)5-13(23)21-15/h2-5H,7H2,1H3,(H,20,24)(H2,21,22,23). The van der Waals surface area contributed by atoms with Gasteiger partial charge in [-0.3, -0.25) is 9.59 Å². The molecule has 9 heteroatoms. The van der Waals surface area contributed by atoms with Gasteiger partial charge < -0.3 is 15.4 Å². The maximum atomic E-state index is 12.2. The average Bonchev–Trinajstić information content (AvgIpc) is 2.93. The van der Waals surface area contributed by atoms with Crippen molar-refractivity contribution < 1.29 is 9.90 Å². The zero-order valence-electron chi connectivity index (χ0n) is 13.4. The van der Waals surface area contributed by atoms with Gasteiger partial charge in [0, 0.05) is 10.5 Å². The number of rotatable bonds is 4. The maximum absolute atomic E-state index is 12.2. The first kappa shape index (κ1) is 18.5. The van der Waals surface area contributed by atoms with Crippen LogP contribution in [0.3, 0.4) is 0 Å². The Morgan fingerprint density at radius 3 is 2.92 bits per heavy atom. The first-order chi connectivity index (χ1) is 12.4. The van der Waals surface area contributed by atoms with Gasteiger partial charge in [0.25, 0.3) is 5.56 Å². The predicted octanol–water partition coefficient (Wildman–Crippen LogP) is 3.97. The summed E-state index contributed by atoms with van der Waals surface area (Å²) in [6.07, 6.45) is 0. The number of halogens is 1. The van der Waals surface area contributed by atoms with Crippen LogP contribution in [0.25, 0.3) is 10.2 Å². The van der Waals surface area contributed by atoms with Crippen LogP contribution in [0.15, 0.2) is 37.7 Å². The highest BCUT2D eigenvalue weighted by atomic mass is 79.9. The highest BCUT2D eigenvalue weighted by Gasteiger charge is 2.17. The number of nitrogens with one attached hydrogen (secondary N) is 2. The first-order valence-corrected chi connectivity index (χ1v) is 9.96. The minimum atomic E-state index is -0.484. The van der Waals surface area contributed by atoms with Gasteiger partial charge in [-0.25, -0.2) is 0 Å². The zero-order chi connectivity index (χ0) is 18.8. The van der Waals surface area contributed by atoms with Gasteiger partial charge in [-0.15, -0.1) is 23.1 Å². The van der Waals surface area contributed by atoms with Crippen molar-refractivity contribution in [3.8, 4) is 11.8 Å². The number of fused-ring (bicyclic) bond motifs is 1. The van der Waals surface area contributed by atoms with Gasteiger partial charge in [0.1, 0.15) is 17.4 Å². The molecule has 2 aromatic heterocycles. The lowest BCUT2D eigenvalue weighted by Crippen LogP contribution is -2.14. The van der Waals surface area contributed by atoms with E-state index in [9.17, 15) is 20.0 Å². The van der Waals surface area contributed by atoms with Crippen molar-refractivity contribution in [3.05, 3.63) is 50.2 Å². The number of H-pyrrole nitrogens is 1. The van der Waals surface area contributed by atoms with Crippen LogP contribution < -0.4 is 10.9 Å². The van der Waals surface area contributed by atoms with Crippen molar-refractivity contribution in [3.63, 3.8) is 0 Å². The number of aryl methyl sites for hydroxylation is 1. The second-order valence-corrected chi connectivity index (χ2v) is 8.54. The van der Waals surface area contributed by atoms with Gasteiger partial charge in [0.15, 0.2) is 0 Å². The normalized spacial score (nSPS) is 10.7. The van der Waals surface area contributed by atoms with Crippen molar-refractivity contribution in [2.45, 2.75) is 11.1 Å². The number of thiophene rings is 1. The Morgan fingerprint density at radius 2 is 2.23 bits per heavy atom. The maximum Gasteiger partial charge on any atom is 0.252 e. The van der Waals surface area contributed by atoms with Crippen molar-refractivity contribution in [2.75, 3.05) is 11.1 Å². The molecule has 132 valence electrons. The minimum absolute atomic E-state index is 0.0901. The molecular formula is C17H12BrN3O3S2. The van der Waals surface area contributed by atoms with E-state index in [4.69, 9.17) is 0 Å². The van der Waals surface area contributed by atoms with Crippen LogP contribution >= 0.6 is 39.0 Å². The topological polar surface area (TPSA) is 106 Å². The molecule has 1 aromatic carbocycles. The smallest absolute Gasteiger partial charge is 0.252 e. The number of thioether (sulfide) groups is 1. The number of hydrogen-bond donors (Lipinski definition) is 3. The molecule has 3 rings (SSSR count). The van der Waals surface area contributed by atoms with Gasteiger partial charge in [-0.2, -0.15) is 5.26 Å². The van der Waals surface area contributed by atoms with Crippen LogP contribution in [0.2, 0.25) is 0 Å². The van der Waals surface area contributed by atoms with E-state index in [-0.39, 0.29) is 23.0 Å². The number of carbonyl (C=O) groups is 1. The number of nitriles is 1. The molecule has 0 spiro atoms. The second-order valence-electron chi connectivity index (χ2n) is 5.42. The van der Waals surface area contributed by atoms with Crippen molar-refractivity contribution in [1.82, 2.24) is 4.98 Å². The molecule has 0 aliphatic rings. The summed E-state index contributed by atoms with van der Waals surface area (Å²) in [5, 5.41) is 22.1. The summed E-state index contributed by atoms with van der Waals surface area (Å²) in [5.74, 6) is -0.309.